The van der Waals surface area contributed by atoms with Crippen LogP contribution in [0, 0.1) is 4.77 Å². The molecule has 2 N–H and O–H groups in total. The summed E-state index contributed by atoms with van der Waals surface area (Å²) in [5.41, 5.74) is -0.576. The molecule has 1 atom stereocenters. The Bertz CT molecular complexity index is 562. The summed E-state index contributed by atoms with van der Waals surface area (Å²) < 4.78 is 10.4. The molecule has 1 unspecified atom stereocenters. The van der Waals surface area contributed by atoms with Crippen molar-refractivity contribution in [3.05, 3.63) is 26.9 Å². The first-order valence-electron chi connectivity index (χ1n) is 6.77. The quantitative estimate of drug-likeness (QED) is 0.331. The fourth-order valence-electron chi connectivity index (χ4n) is 1.87. The third kappa shape index (κ3) is 4.90. The molecule has 0 aliphatic carbocycles. The van der Waals surface area contributed by atoms with Gasteiger partial charge in [-0.05, 0) is 25.1 Å². The predicted molar refractivity (Wildman–Crippen MR) is 75.4 cm³/mol. The molecule has 110 valence electrons. The molecule has 1 saturated heterocycles. The number of nitrogens with one attached hydrogen (secondary N) is 2. The van der Waals surface area contributed by atoms with E-state index in [0.717, 1.165) is 38.7 Å². The highest BCUT2D eigenvalue weighted by Crippen LogP contribution is 2.17. The van der Waals surface area contributed by atoms with Gasteiger partial charge in [-0.2, -0.15) is 0 Å². The second-order valence-electron chi connectivity index (χ2n) is 4.78. The lowest BCUT2D eigenvalue weighted by atomic mass is 10.1. The van der Waals surface area contributed by atoms with Gasteiger partial charge < -0.3 is 14.5 Å². The third-order valence-corrected chi connectivity index (χ3v) is 3.32. The van der Waals surface area contributed by atoms with E-state index in [2.05, 4.69) is 9.97 Å². The Morgan fingerprint density at radius 2 is 2.15 bits per heavy atom. The van der Waals surface area contributed by atoms with E-state index in [-0.39, 0.29) is 10.3 Å². The number of hydrogen-bond donors (Lipinski definition) is 2. The van der Waals surface area contributed by atoms with Crippen molar-refractivity contribution in [2.24, 2.45) is 0 Å². The number of H-pyrrole nitrogens is 2. The monoisotopic (exact) mass is 298 g/mol. The van der Waals surface area contributed by atoms with E-state index < -0.39 is 11.5 Å². The molecule has 0 spiro atoms. The van der Waals surface area contributed by atoms with Crippen molar-refractivity contribution in [1.82, 2.24) is 9.97 Å². The van der Waals surface area contributed by atoms with Gasteiger partial charge in [0.05, 0.1) is 19.3 Å². The molecule has 1 aliphatic heterocycles. The van der Waals surface area contributed by atoms with Crippen LogP contribution in [0.3, 0.4) is 0 Å². The number of aromatic amines is 2. The van der Waals surface area contributed by atoms with Crippen LogP contribution in [0.15, 0.2) is 11.0 Å². The SMILES string of the molecule is O=C(OCCCCCCC1CO1)c1c[nH]c(=S)[nH]c1=O. The van der Waals surface area contributed by atoms with Gasteiger partial charge in [0.15, 0.2) is 4.77 Å². The molecule has 1 aromatic heterocycles. The van der Waals surface area contributed by atoms with E-state index in [1.807, 2.05) is 0 Å². The van der Waals surface area contributed by atoms with Gasteiger partial charge in [0.2, 0.25) is 0 Å². The number of rotatable bonds is 8. The zero-order valence-electron chi connectivity index (χ0n) is 11.1. The minimum atomic E-state index is -0.621. The first-order chi connectivity index (χ1) is 9.66. The molecular weight excluding hydrogens is 280 g/mol. The maximum Gasteiger partial charge on any atom is 0.345 e. The number of unbranched alkanes of at least 4 members (excludes halogenated alkanes) is 3. The molecule has 1 aromatic rings. The minimum absolute atomic E-state index is 0.0514. The van der Waals surface area contributed by atoms with Gasteiger partial charge in [-0.3, -0.25) is 9.78 Å². The Morgan fingerprint density at radius 3 is 2.85 bits per heavy atom. The molecule has 0 bridgehead atoms. The summed E-state index contributed by atoms with van der Waals surface area (Å²) in [6.07, 6.45) is 6.95. The first-order valence-corrected chi connectivity index (χ1v) is 7.18. The van der Waals surface area contributed by atoms with E-state index in [1.54, 1.807) is 0 Å². The van der Waals surface area contributed by atoms with Crippen LogP contribution in [0.4, 0.5) is 0 Å². The van der Waals surface area contributed by atoms with Crippen molar-refractivity contribution in [3.8, 4) is 0 Å². The Morgan fingerprint density at radius 1 is 1.40 bits per heavy atom. The van der Waals surface area contributed by atoms with Gasteiger partial charge in [-0.15, -0.1) is 0 Å². The standard InChI is InChI=1S/C13H18N2O4S/c16-11-10(7-14-13(20)15-11)12(17)18-6-4-2-1-3-5-9-8-19-9/h7,9H,1-6,8H2,(H2,14,15,16,20). The Balaban J connectivity index is 1.61. The van der Waals surface area contributed by atoms with Crippen LogP contribution in [-0.2, 0) is 9.47 Å². The average Bonchev–Trinajstić information content (AvgIpc) is 3.21. The summed E-state index contributed by atoms with van der Waals surface area (Å²) in [6.45, 7) is 1.24. The van der Waals surface area contributed by atoms with Crippen LogP contribution in [0.25, 0.3) is 0 Å². The lowest BCUT2D eigenvalue weighted by Crippen LogP contribution is -2.20. The van der Waals surface area contributed by atoms with Crippen LogP contribution in [-0.4, -0.2) is 35.3 Å². The number of aromatic nitrogens is 2. The molecule has 0 saturated carbocycles. The van der Waals surface area contributed by atoms with E-state index in [9.17, 15) is 9.59 Å². The number of carbonyl (C=O) groups excluding carboxylic acids is 1. The molecule has 0 amide bonds. The zero-order valence-corrected chi connectivity index (χ0v) is 12.0. The zero-order chi connectivity index (χ0) is 14.4. The van der Waals surface area contributed by atoms with Crippen LogP contribution in [0.1, 0.15) is 42.5 Å². The van der Waals surface area contributed by atoms with Gasteiger partial charge in [-0.25, -0.2) is 4.79 Å². The molecule has 7 heteroatoms. The number of ether oxygens (including phenoxy) is 2. The Kier molecular flexibility index (Phi) is 5.49. The van der Waals surface area contributed by atoms with Gasteiger partial charge in [0, 0.05) is 6.20 Å². The Labute approximate surface area is 121 Å². The van der Waals surface area contributed by atoms with E-state index >= 15 is 0 Å². The molecule has 20 heavy (non-hydrogen) atoms. The highest BCUT2D eigenvalue weighted by Gasteiger charge is 2.20. The van der Waals surface area contributed by atoms with Crippen molar-refractivity contribution >= 4 is 18.2 Å². The van der Waals surface area contributed by atoms with Gasteiger partial charge >= 0.3 is 5.97 Å². The Hall–Kier alpha value is -1.47. The molecule has 1 aliphatic rings. The second-order valence-corrected chi connectivity index (χ2v) is 5.19. The van der Waals surface area contributed by atoms with Crippen LogP contribution >= 0.6 is 12.2 Å². The maximum absolute atomic E-state index is 11.7. The summed E-state index contributed by atoms with van der Waals surface area (Å²) in [5, 5.41) is 0. The highest BCUT2D eigenvalue weighted by molar-refractivity contribution is 7.71. The van der Waals surface area contributed by atoms with Gasteiger partial charge in [-0.1, -0.05) is 19.3 Å². The van der Waals surface area contributed by atoms with Gasteiger partial charge in [0.25, 0.3) is 5.56 Å². The second kappa shape index (κ2) is 7.35. The fourth-order valence-corrected chi connectivity index (χ4v) is 2.02. The molecule has 2 rings (SSSR count). The average molecular weight is 298 g/mol. The normalized spacial score (nSPS) is 16.9. The molecule has 0 radical (unpaired) electrons. The first kappa shape index (κ1) is 14.9. The number of epoxide rings is 1. The van der Waals surface area contributed by atoms with E-state index in [1.165, 1.54) is 6.20 Å². The van der Waals surface area contributed by atoms with Crippen LogP contribution in [0.5, 0.6) is 0 Å². The topological polar surface area (TPSA) is 87.5 Å². The summed E-state index contributed by atoms with van der Waals surface area (Å²) in [4.78, 5) is 28.1. The largest absolute Gasteiger partial charge is 0.462 e. The van der Waals surface area contributed by atoms with Crippen LogP contribution in [0.2, 0.25) is 0 Å². The van der Waals surface area contributed by atoms with E-state index in [0.29, 0.717) is 12.7 Å². The molecule has 2 heterocycles. The van der Waals surface area contributed by atoms with Crippen molar-refractivity contribution in [3.63, 3.8) is 0 Å². The molecule has 0 aromatic carbocycles. The smallest absolute Gasteiger partial charge is 0.345 e. The minimum Gasteiger partial charge on any atom is -0.462 e. The van der Waals surface area contributed by atoms with E-state index in [4.69, 9.17) is 21.7 Å². The number of carbonyl (C=O) groups is 1. The lowest BCUT2D eigenvalue weighted by Gasteiger charge is -2.04. The maximum atomic E-state index is 11.7. The predicted octanol–water partition coefficient (Wildman–Crippen LogP) is 1.94. The molecule has 6 nitrogen and oxygen atoms in total. The van der Waals surface area contributed by atoms with Crippen molar-refractivity contribution in [1.29, 1.82) is 0 Å². The highest BCUT2D eigenvalue weighted by atomic mass is 32.1. The summed E-state index contributed by atoms with van der Waals surface area (Å²) in [6, 6.07) is 0. The lowest BCUT2D eigenvalue weighted by molar-refractivity contribution is 0.0495. The van der Waals surface area contributed by atoms with Crippen LogP contribution < -0.4 is 5.56 Å². The number of esters is 1. The van der Waals surface area contributed by atoms with Crippen molar-refractivity contribution in [2.75, 3.05) is 13.2 Å². The third-order valence-electron chi connectivity index (χ3n) is 3.10. The summed E-state index contributed by atoms with van der Waals surface area (Å²) >= 11 is 4.74. The summed E-state index contributed by atoms with van der Waals surface area (Å²) in [5.74, 6) is -0.621. The number of hydrogen-bond acceptors (Lipinski definition) is 5. The van der Waals surface area contributed by atoms with Crippen molar-refractivity contribution in [2.45, 2.75) is 38.2 Å². The molecular formula is C13H18N2O4S. The van der Waals surface area contributed by atoms with Gasteiger partial charge in [0.1, 0.15) is 5.56 Å². The van der Waals surface area contributed by atoms with Crippen molar-refractivity contribution < 1.29 is 14.3 Å². The fraction of sp³-hybridized carbons (Fsp3) is 0.615. The molecule has 1 fully saturated rings. The summed E-state index contributed by atoms with van der Waals surface area (Å²) in [7, 11) is 0.